The van der Waals surface area contributed by atoms with Gasteiger partial charge >= 0.3 is 6.03 Å². The molecule has 1 aliphatic heterocycles. The van der Waals surface area contributed by atoms with Crippen molar-refractivity contribution in [1.29, 1.82) is 0 Å². The Morgan fingerprint density at radius 3 is 2.42 bits per heavy atom. The van der Waals surface area contributed by atoms with Crippen molar-refractivity contribution < 1.29 is 9.59 Å². The fraction of sp³-hybridized carbons (Fsp3) is 0.500. The van der Waals surface area contributed by atoms with E-state index in [4.69, 9.17) is 34.8 Å². The highest BCUT2D eigenvalue weighted by Gasteiger charge is 2.57. The van der Waals surface area contributed by atoms with Crippen LogP contribution in [0.15, 0.2) is 42.5 Å². The lowest BCUT2D eigenvalue weighted by Crippen LogP contribution is -2.53. The van der Waals surface area contributed by atoms with Crippen molar-refractivity contribution in [1.82, 2.24) is 16.0 Å². The highest BCUT2D eigenvalue weighted by molar-refractivity contribution is 6.35. The normalized spacial score (nSPS) is 28.3. The van der Waals surface area contributed by atoms with Crippen molar-refractivity contribution in [3.05, 3.63) is 68.7 Å². The molecule has 2 aromatic rings. The molecule has 0 radical (unpaired) electrons. The van der Waals surface area contributed by atoms with Gasteiger partial charge < -0.3 is 16.0 Å². The summed E-state index contributed by atoms with van der Waals surface area (Å²) in [7, 11) is 0. The minimum absolute atomic E-state index is 0.00773. The van der Waals surface area contributed by atoms with Crippen molar-refractivity contribution in [2.24, 2.45) is 11.3 Å². The molecule has 8 heteroatoms. The Labute approximate surface area is 227 Å². The molecular formula is C28H32Cl3N3O2. The molecule has 192 valence electrons. The Kier molecular flexibility index (Phi) is 7.71. The maximum atomic E-state index is 13.4. The first kappa shape index (κ1) is 25.7. The molecule has 4 atom stereocenters. The zero-order chi connectivity index (χ0) is 25.3. The van der Waals surface area contributed by atoms with E-state index in [0.717, 1.165) is 43.2 Å². The van der Waals surface area contributed by atoms with Crippen molar-refractivity contribution in [3.63, 3.8) is 0 Å². The van der Waals surface area contributed by atoms with Crippen LogP contribution in [0.2, 0.25) is 15.1 Å². The maximum absolute atomic E-state index is 13.4. The van der Waals surface area contributed by atoms with Crippen LogP contribution in [-0.4, -0.2) is 31.1 Å². The molecule has 3 aliphatic rings. The molecule has 3 N–H and O–H groups in total. The fourth-order valence-corrected chi connectivity index (χ4v) is 7.38. The number of benzene rings is 2. The minimum atomic E-state index is -0.677. The van der Waals surface area contributed by atoms with Crippen LogP contribution in [0, 0.1) is 11.3 Å². The first-order valence-electron chi connectivity index (χ1n) is 12.9. The molecule has 0 aromatic heterocycles. The van der Waals surface area contributed by atoms with E-state index in [0.29, 0.717) is 34.6 Å². The SMILES string of the molecule is O=C(NC[C@@]12CC[C@@H](c3ccc(Cl)cc3Cl)[C@H](c3ccc(Cl)cc3)[C@@H]1CNC2=O)NC1CCCCC1. The van der Waals surface area contributed by atoms with E-state index < -0.39 is 5.41 Å². The van der Waals surface area contributed by atoms with Gasteiger partial charge in [-0.05, 0) is 78.8 Å². The Balaban J connectivity index is 1.43. The highest BCUT2D eigenvalue weighted by Crippen LogP contribution is 2.57. The van der Waals surface area contributed by atoms with Crippen LogP contribution in [0.1, 0.15) is 67.9 Å². The molecule has 2 aliphatic carbocycles. The van der Waals surface area contributed by atoms with Gasteiger partial charge in [-0.2, -0.15) is 0 Å². The Morgan fingerprint density at radius 1 is 0.972 bits per heavy atom. The Morgan fingerprint density at radius 2 is 1.69 bits per heavy atom. The van der Waals surface area contributed by atoms with E-state index in [1.165, 1.54) is 6.42 Å². The molecule has 5 rings (SSSR count). The predicted molar refractivity (Wildman–Crippen MR) is 145 cm³/mol. The number of nitrogens with one attached hydrogen (secondary N) is 3. The van der Waals surface area contributed by atoms with Crippen LogP contribution in [0.25, 0.3) is 0 Å². The molecule has 1 saturated heterocycles. The van der Waals surface area contributed by atoms with Gasteiger partial charge in [0.05, 0.1) is 5.41 Å². The number of carbonyl (C=O) groups excluding carboxylic acids is 2. The third kappa shape index (κ3) is 5.07. The molecule has 1 heterocycles. The van der Waals surface area contributed by atoms with Crippen LogP contribution in [0.3, 0.4) is 0 Å². The van der Waals surface area contributed by atoms with Crippen LogP contribution < -0.4 is 16.0 Å². The molecule has 3 amide bonds. The number of urea groups is 1. The molecular weight excluding hydrogens is 517 g/mol. The molecule has 2 aromatic carbocycles. The second-order valence-electron chi connectivity index (χ2n) is 10.5. The highest BCUT2D eigenvalue weighted by atomic mass is 35.5. The van der Waals surface area contributed by atoms with Gasteiger partial charge in [0.1, 0.15) is 0 Å². The standard InChI is InChI=1S/C28H32Cl3N3O2/c29-18-8-6-17(7-9-18)25-22(21-11-10-19(30)14-24(21)31)12-13-28(23(25)15-32-26(28)35)16-33-27(36)34-20-4-2-1-3-5-20/h6-11,14,20,22-23,25H,1-5,12-13,15-16H2,(H,32,35)(H2,33,34,36)/t22-,23-,25-,28-/m0/s1. The Bertz CT molecular complexity index is 1120. The average Bonchev–Trinajstić information content (AvgIpc) is 3.20. The van der Waals surface area contributed by atoms with Crippen LogP contribution in [-0.2, 0) is 4.79 Å². The summed E-state index contributed by atoms with van der Waals surface area (Å²) in [5.41, 5.74) is 1.48. The molecule has 3 fully saturated rings. The second-order valence-corrected chi connectivity index (χ2v) is 11.8. The summed E-state index contributed by atoms with van der Waals surface area (Å²) in [6, 6.07) is 13.6. The van der Waals surface area contributed by atoms with E-state index >= 15 is 0 Å². The second kappa shape index (κ2) is 10.8. The third-order valence-corrected chi connectivity index (χ3v) is 9.35. The average molecular weight is 549 g/mol. The lowest BCUT2D eigenvalue weighted by molar-refractivity contribution is -0.130. The lowest BCUT2D eigenvalue weighted by Gasteiger charge is -2.46. The molecule has 0 spiro atoms. The van der Waals surface area contributed by atoms with Gasteiger partial charge in [-0.1, -0.05) is 72.3 Å². The smallest absolute Gasteiger partial charge is 0.315 e. The number of amides is 3. The van der Waals surface area contributed by atoms with Crippen molar-refractivity contribution in [2.45, 2.75) is 62.8 Å². The van der Waals surface area contributed by atoms with Crippen molar-refractivity contribution >= 4 is 46.7 Å². The summed E-state index contributed by atoms with van der Waals surface area (Å²) in [5.74, 6) is 0.145. The predicted octanol–water partition coefficient (Wildman–Crippen LogP) is 6.67. The quantitative estimate of drug-likeness (QED) is 0.390. The van der Waals surface area contributed by atoms with E-state index in [-0.39, 0.29) is 35.7 Å². The van der Waals surface area contributed by atoms with Gasteiger partial charge in [0.25, 0.3) is 0 Å². The van der Waals surface area contributed by atoms with Gasteiger partial charge in [-0.15, -0.1) is 0 Å². The van der Waals surface area contributed by atoms with Crippen LogP contribution >= 0.6 is 34.8 Å². The summed E-state index contributed by atoms with van der Waals surface area (Å²) >= 11 is 19.1. The molecule has 36 heavy (non-hydrogen) atoms. The molecule has 5 nitrogen and oxygen atoms in total. The molecule has 2 saturated carbocycles. The van der Waals surface area contributed by atoms with Gasteiger partial charge in [0, 0.05) is 34.2 Å². The van der Waals surface area contributed by atoms with Crippen molar-refractivity contribution in [3.8, 4) is 0 Å². The Hall–Kier alpha value is -1.95. The van der Waals surface area contributed by atoms with Crippen LogP contribution in [0.4, 0.5) is 4.79 Å². The third-order valence-electron chi connectivity index (χ3n) is 8.53. The topological polar surface area (TPSA) is 70.2 Å². The van der Waals surface area contributed by atoms with Gasteiger partial charge in [-0.25, -0.2) is 4.79 Å². The van der Waals surface area contributed by atoms with E-state index in [1.54, 1.807) is 6.07 Å². The summed E-state index contributed by atoms with van der Waals surface area (Å²) in [4.78, 5) is 26.2. The van der Waals surface area contributed by atoms with Gasteiger partial charge in [-0.3, -0.25) is 4.79 Å². The summed E-state index contributed by atoms with van der Waals surface area (Å²) in [6.07, 6.45) is 7.00. The summed E-state index contributed by atoms with van der Waals surface area (Å²) in [5, 5.41) is 11.2. The minimum Gasteiger partial charge on any atom is -0.355 e. The number of hydrogen-bond acceptors (Lipinski definition) is 2. The largest absolute Gasteiger partial charge is 0.355 e. The van der Waals surface area contributed by atoms with Crippen LogP contribution in [0.5, 0.6) is 0 Å². The number of rotatable bonds is 5. The lowest BCUT2D eigenvalue weighted by atomic mass is 9.56. The fourth-order valence-electron chi connectivity index (χ4n) is 6.71. The maximum Gasteiger partial charge on any atom is 0.315 e. The summed E-state index contributed by atoms with van der Waals surface area (Å²) in [6.45, 7) is 0.868. The number of carbonyl (C=O) groups is 2. The summed E-state index contributed by atoms with van der Waals surface area (Å²) < 4.78 is 0. The van der Waals surface area contributed by atoms with E-state index in [2.05, 4.69) is 16.0 Å². The van der Waals surface area contributed by atoms with Crippen molar-refractivity contribution in [2.75, 3.05) is 13.1 Å². The van der Waals surface area contributed by atoms with Gasteiger partial charge in [0.15, 0.2) is 0 Å². The van der Waals surface area contributed by atoms with E-state index in [9.17, 15) is 9.59 Å². The van der Waals surface area contributed by atoms with Gasteiger partial charge in [0.2, 0.25) is 5.91 Å². The number of hydrogen-bond donors (Lipinski definition) is 3. The zero-order valence-electron chi connectivity index (χ0n) is 20.2. The number of fused-ring (bicyclic) bond motifs is 1. The first-order valence-corrected chi connectivity index (χ1v) is 14.0. The molecule has 0 bridgehead atoms. The number of halogens is 3. The zero-order valence-corrected chi connectivity index (χ0v) is 22.4. The first-order chi connectivity index (χ1) is 17.4. The molecule has 0 unspecified atom stereocenters. The monoisotopic (exact) mass is 547 g/mol. The van der Waals surface area contributed by atoms with E-state index in [1.807, 2.05) is 36.4 Å².